The van der Waals surface area contributed by atoms with E-state index in [1.165, 1.54) is 4.90 Å². The van der Waals surface area contributed by atoms with Crippen LogP contribution in [-0.2, 0) is 4.79 Å². The number of hydrogen-bond acceptors (Lipinski definition) is 3. The van der Waals surface area contributed by atoms with Crippen LogP contribution in [0.1, 0.15) is 25.8 Å². The van der Waals surface area contributed by atoms with E-state index in [4.69, 9.17) is 0 Å². The van der Waals surface area contributed by atoms with Gasteiger partial charge in [-0.3, -0.25) is 14.5 Å². The quantitative estimate of drug-likeness (QED) is 0.224. The van der Waals surface area contributed by atoms with Gasteiger partial charge in [-0.05, 0) is 72.6 Å². The third-order valence-corrected chi connectivity index (χ3v) is 7.79. The van der Waals surface area contributed by atoms with E-state index < -0.39 is 0 Å². The lowest BCUT2D eigenvalue weighted by Crippen LogP contribution is -2.36. The molecule has 6 heteroatoms. The average Bonchev–Trinajstić information content (AvgIpc) is 3.41. The zero-order chi connectivity index (χ0) is 25.2. The van der Waals surface area contributed by atoms with Crippen molar-refractivity contribution in [1.82, 2.24) is 9.47 Å². The van der Waals surface area contributed by atoms with Crippen molar-refractivity contribution >= 4 is 44.9 Å². The Kier molecular flexibility index (Phi) is 6.99. The van der Waals surface area contributed by atoms with Gasteiger partial charge >= 0.3 is 0 Å². The predicted octanol–water partition coefficient (Wildman–Crippen LogP) is 8.41. The lowest BCUT2D eigenvalue weighted by atomic mass is 10.1. The molecule has 0 saturated carbocycles. The fourth-order valence-corrected chi connectivity index (χ4v) is 5.58. The molecule has 0 bridgehead atoms. The third kappa shape index (κ3) is 4.59. The first-order valence-corrected chi connectivity index (χ1v) is 13.5. The van der Waals surface area contributed by atoms with Gasteiger partial charge in [0, 0.05) is 21.8 Å². The van der Waals surface area contributed by atoms with Crippen LogP contribution in [0.4, 0.5) is 4.79 Å². The van der Waals surface area contributed by atoms with Gasteiger partial charge in [-0.15, -0.1) is 0 Å². The molecule has 0 unspecified atom stereocenters. The van der Waals surface area contributed by atoms with Gasteiger partial charge in [-0.1, -0.05) is 83.5 Å². The first-order valence-electron chi connectivity index (χ1n) is 11.9. The number of benzene rings is 3. The third-order valence-electron chi connectivity index (χ3n) is 6.37. The van der Waals surface area contributed by atoms with Crippen LogP contribution in [0, 0.1) is 0 Å². The molecule has 1 saturated heterocycles. The monoisotopic (exact) mass is 556 g/mol. The van der Waals surface area contributed by atoms with Crippen LogP contribution < -0.4 is 0 Å². The summed E-state index contributed by atoms with van der Waals surface area (Å²) in [5.74, 6) is -0.226. The van der Waals surface area contributed by atoms with E-state index in [9.17, 15) is 9.59 Å². The molecule has 1 aromatic heterocycles. The molecule has 1 aliphatic rings. The second-order valence-electron chi connectivity index (χ2n) is 8.69. The van der Waals surface area contributed by atoms with E-state index in [1.54, 1.807) is 0 Å². The molecule has 0 radical (unpaired) electrons. The van der Waals surface area contributed by atoms with Crippen LogP contribution >= 0.6 is 27.7 Å². The lowest BCUT2D eigenvalue weighted by molar-refractivity contribution is -0.124. The van der Waals surface area contributed by atoms with Crippen LogP contribution in [0.15, 0.2) is 100 Å². The molecule has 180 valence electrons. The van der Waals surface area contributed by atoms with E-state index in [0.29, 0.717) is 4.91 Å². The Bertz CT molecular complexity index is 1440. The Balaban J connectivity index is 1.77. The van der Waals surface area contributed by atoms with Crippen molar-refractivity contribution in [2.24, 2.45) is 0 Å². The summed E-state index contributed by atoms with van der Waals surface area (Å²) in [7, 11) is 0. The van der Waals surface area contributed by atoms with E-state index in [0.717, 1.165) is 56.4 Å². The molecule has 5 rings (SSSR count). The largest absolute Gasteiger partial charge is 0.309 e. The number of rotatable bonds is 6. The predicted molar refractivity (Wildman–Crippen MR) is 152 cm³/mol. The van der Waals surface area contributed by atoms with Crippen molar-refractivity contribution in [3.8, 4) is 28.2 Å². The van der Waals surface area contributed by atoms with E-state index in [1.807, 2.05) is 68.5 Å². The maximum atomic E-state index is 13.2. The number of amides is 2. The summed E-state index contributed by atoms with van der Waals surface area (Å²) in [6.45, 7) is 3.89. The molecule has 2 amide bonds. The minimum Gasteiger partial charge on any atom is -0.309 e. The first kappa shape index (κ1) is 24.3. The van der Waals surface area contributed by atoms with Gasteiger partial charge in [0.05, 0.1) is 16.3 Å². The average molecular weight is 558 g/mol. The summed E-state index contributed by atoms with van der Waals surface area (Å²) < 4.78 is 3.22. The number of aromatic nitrogens is 1. The van der Waals surface area contributed by atoms with Crippen molar-refractivity contribution in [3.05, 3.63) is 106 Å². The first-order chi connectivity index (χ1) is 17.5. The number of imide groups is 1. The highest BCUT2D eigenvalue weighted by Crippen LogP contribution is 2.40. The van der Waals surface area contributed by atoms with Gasteiger partial charge in [0.2, 0.25) is 0 Å². The zero-order valence-corrected chi connectivity index (χ0v) is 22.4. The number of carbonyl (C=O) groups is 2. The highest BCUT2D eigenvalue weighted by atomic mass is 79.9. The van der Waals surface area contributed by atoms with E-state index in [-0.39, 0.29) is 17.2 Å². The highest BCUT2D eigenvalue weighted by molar-refractivity contribution is 9.10. The Hall–Kier alpha value is -3.35. The van der Waals surface area contributed by atoms with Crippen molar-refractivity contribution in [2.45, 2.75) is 26.3 Å². The van der Waals surface area contributed by atoms with Gasteiger partial charge in [-0.2, -0.15) is 0 Å². The fraction of sp³-hybridized carbons (Fsp3) is 0.133. The smallest absolute Gasteiger partial charge is 0.293 e. The minimum absolute atomic E-state index is 0.135. The Morgan fingerprint density at radius 3 is 2.11 bits per heavy atom. The maximum absolute atomic E-state index is 13.2. The standard InChI is InChI=1S/C30H25BrN2O2S/c1-3-20(2)32-29(34)27(36-30(32)35)19-23-18-26(21-10-6-4-7-11-21)33(25-16-14-24(31)15-17-25)28(23)22-12-8-5-9-13-22/h4-20H,3H2,1-2H3/b27-19-/t20-/m1/s1. The second kappa shape index (κ2) is 10.3. The number of carbonyl (C=O) groups excluding carboxylic acids is 2. The van der Waals surface area contributed by atoms with Gasteiger partial charge in [0.25, 0.3) is 11.1 Å². The Morgan fingerprint density at radius 1 is 0.889 bits per heavy atom. The number of halogens is 1. The SMILES string of the molecule is CC[C@@H](C)N1C(=O)S/C(=C\c2cc(-c3ccccc3)n(-c3ccc(Br)cc3)c2-c2ccccc2)C1=O. The van der Waals surface area contributed by atoms with Crippen molar-refractivity contribution in [1.29, 1.82) is 0 Å². The van der Waals surface area contributed by atoms with E-state index >= 15 is 0 Å². The minimum atomic E-state index is -0.226. The summed E-state index contributed by atoms with van der Waals surface area (Å²) in [6.07, 6.45) is 2.59. The van der Waals surface area contributed by atoms with Crippen molar-refractivity contribution in [2.75, 3.05) is 0 Å². The lowest BCUT2D eigenvalue weighted by Gasteiger charge is -2.19. The van der Waals surface area contributed by atoms with Gasteiger partial charge < -0.3 is 4.57 Å². The van der Waals surface area contributed by atoms with Crippen LogP contribution in [-0.4, -0.2) is 26.7 Å². The van der Waals surface area contributed by atoms with Gasteiger partial charge in [-0.25, -0.2) is 0 Å². The topological polar surface area (TPSA) is 42.3 Å². The van der Waals surface area contributed by atoms with Gasteiger partial charge in [0.15, 0.2) is 0 Å². The molecule has 1 aliphatic heterocycles. The summed E-state index contributed by atoms with van der Waals surface area (Å²) in [4.78, 5) is 27.8. The molecule has 1 fully saturated rings. The Labute approximate surface area is 223 Å². The van der Waals surface area contributed by atoms with Crippen LogP contribution in [0.25, 0.3) is 34.3 Å². The van der Waals surface area contributed by atoms with E-state index in [2.05, 4.69) is 63.0 Å². The van der Waals surface area contributed by atoms with Crippen LogP contribution in [0.5, 0.6) is 0 Å². The number of hydrogen-bond donors (Lipinski definition) is 0. The molecule has 0 N–H and O–H groups in total. The molecule has 0 spiro atoms. The van der Waals surface area contributed by atoms with Crippen LogP contribution in [0.2, 0.25) is 0 Å². The summed E-state index contributed by atoms with van der Waals surface area (Å²) in [6, 6.07) is 30.5. The van der Waals surface area contributed by atoms with Crippen molar-refractivity contribution in [3.63, 3.8) is 0 Å². The molecule has 0 aliphatic carbocycles. The molecule has 2 heterocycles. The number of nitrogens with zero attached hydrogens (tertiary/aromatic N) is 2. The summed E-state index contributed by atoms with van der Waals surface area (Å²) in [5, 5.41) is -0.211. The van der Waals surface area contributed by atoms with Crippen molar-refractivity contribution < 1.29 is 9.59 Å². The maximum Gasteiger partial charge on any atom is 0.293 e. The Morgan fingerprint density at radius 2 is 1.50 bits per heavy atom. The second-order valence-corrected chi connectivity index (χ2v) is 10.6. The molecule has 1 atom stereocenters. The molecular formula is C30H25BrN2O2S. The summed E-state index contributed by atoms with van der Waals surface area (Å²) in [5.41, 5.74) is 5.94. The normalized spacial score (nSPS) is 15.6. The number of thioether (sulfide) groups is 1. The van der Waals surface area contributed by atoms with Gasteiger partial charge in [0.1, 0.15) is 0 Å². The zero-order valence-electron chi connectivity index (χ0n) is 20.0. The molecule has 3 aromatic carbocycles. The molecule has 4 nitrogen and oxygen atoms in total. The molecule has 4 aromatic rings. The van der Waals surface area contributed by atoms with Crippen LogP contribution in [0.3, 0.4) is 0 Å². The fourth-order valence-electron chi connectivity index (χ4n) is 4.39. The molecular weight excluding hydrogens is 532 g/mol. The highest BCUT2D eigenvalue weighted by Gasteiger charge is 2.38. The molecule has 36 heavy (non-hydrogen) atoms. The summed E-state index contributed by atoms with van der Waals surface area (Å²) >= 11 is 4.56.